The summed E-state index contributed by atoms with van der Waals surface area (Å²) in [5.74, 6) is -2.83. The van der Waals surface area contributed by atoms with Crippen LogP contribution in [0.4, 0.5) is 37.7 Å². The minimum atomic E-state index is -5.27. The normalized spacial score (nSPS) is 13.4. The Morgan fingerprint density at radius 3 is 2.24 bits per heavy atom. The van der Waals surface area contributed by atoms with Crippen molar-refractivity contribution in [1.82, 2.24) is 0 Å². The maximum absolute atomic E-state index is 12.6. The number of nitro groups is 1. The fourth-order valence-electron chi connectivity index (χ4n) is 2.37. The second kappa shape index (κ2) is 9.68. The number of thioether (sulfide) groups is 1. The highest BCUT2D eigenvalue weighted by atomic mass is 32.2. The van der Waals surface area contributed by atoms with E-state index in [0.29, 0.717) is 12.1 Å². The summed E-state index contributed by atoms with van der Waals surface area (Å²) in [5, 5.41) is 13.1. The van der Waals surface area contributed by atoms with Crippen molar-refractivity contribution in [3.8, 4) is 0 Å². The van der Waals surface area contributed by atoms with E-state index in [-0.39, 0.29) is 11.8 Å². The van der Waals surface area contributed by atoms with E-state index in [1.807, 2.05) is 5.32 Å². The van der Waals surface area contributed by atoms with Crippen LogP contribution < -0.4 is 5.32 Å². The molecule has 1 unspecified atom stereocenters. The lowest BCUT2D eigenvalue weighted by molar-refractivity contribution is -0.388. The van der Waals surface area contributed by atoms with E-state index in [2.05, 4.69) is 0 Å². The first-order valence-corrected chi connectivity index (χ1v) is 11.8. The summed E-state index contributed by atoms with van der Waals surface area (Å²) in [7, 11) is -8.53. The van der Waals surface area contributed by atoms with Crippen molar-refractivity contribution in [1.29, 1.82) is 0 Å². The molecule has 0 aliphatic rings. The van der Waals surface area contributed by atoms with Gasteiger partial charge in [-0.2, -0.15) is 26.3 Å². The number of amides is 1. The van der Waals surface area contributed by atoms with Gasteiger partial charge in [0.15, 0.2) is 20.6 Å². The molecule has 180 valence electrons. The van der Waals surface area contributed by atoms with Crippen molar-refractivity contribution < 1.29 is 48.7 Å². The third-order valence-electron chi connectivity index (χ3n) is 3.59. The van der Waals surface area contributed by atoms with Crippen LogP contribution >= 0.6 is 11.8 Å². The van der Waals surface area contributed by atoms with Crippen LogP contribution in [0, 0.1) is 10.1 Å². The molecule has 0 heterocycles. The molecule has 0 saturated carbocycles. The van der Waals surface area contributed by atoms with E-state index in [4.69, 9.17) is 0 Å². The van der Waals surface area contributed by atoms with Crippen LogP contribution in [0.2, 0.25) is 0 Å². The highest BCUT2D eigenvalue weighted by Crippen LogP contribution is 2.40. The van der Waals surface area contributed by atoms with Gasteiger partial charge in [-0.15, -0.1) is 0 Å². The number of carbonyl (C=O) groups is 1. The Morgan fingerprint density at radius 2 is 1.70 bits per heavy atom. The Kier molecular flexibility index (Phi) is 7.80. The average Bonchev–Trinajstić information content (AvgIpc) is 2.66. The molecule has 2 aromatic rings. The number of hydrogen-bond donors (Lipinski definition) is 1. The molecule has 17 heteroatoms. The summed E-state index contributed by atoms with van der Waals surface area (Å²) in [5.41, 5.74) is -11.7. The monoisotopic (exact) mass is 536 g/mol. The maximum Gasteiger partial charge on any atom is 0.475 e. The summed E-state index contributed by atoms with van der Waals surface area (Å²) in [4.78, 5) is 19.3. The summed E-state index contributed by atoms with van der Waals surface area (Å²) >= 11 is -0.578. The third-order valence-corrected chi connectivity index (χ3v) is 7.16. The van der Waals surface area contributed by atoms with Crippen molar-refractivity contribution in [3.63, 3.8) is 0 Å². The van der Waals surface area contributed by atoms with Gasteiger partial charge >= 0.3 is 11.0 Å². The Hall–Kier alpha value is -2.66. The topological polar surface area (TPSA) is 123 Å². The van der Waals surface area contributed by atoms with Gasteiger partial charge in [-0.1, -0.05) is 12.1 Å². The molecule has 33 heavy (non-hydrogen) atoms. The Labute approximate surface area is 187 Å². The molecular weight excluding hydrogens is 526 g/mol. The molecule has 0 aliphatic heterocycles. The average molecular weight is 536 g/mol. The van der Waals surface area contributed by atoms with Crippen LogP contribution in [-0.2, 0) is 25.4 Å². The van der Waals surface area contributed by atoms with Gasteiger partial charge in [-0.05, 0) is 36.0 Å². The first-order valence-electron chi connectivity index (χ1n) is 8.16. The number of sulfone groups is 1. The lowest BCUT2D eigenvalue weighted by Gasteiger charge is -2.12. The molecule has 8 nitrogen and oxygen atoms in total. The van der Waals surface area contributed by atoms with Crippen molar-refractivity contribution >= 4 is 49.7 Å². The smallest absolute Gasteiger partial charge is 0.324 e. The minimum Gasteiger partial charge on any atom is -0.324 e. The number of para-hydroxylation sites is 1. The molecular formula is C16H10F6N2O6S3. The molecule has 0 spiro atoms. The number of hydrogen-bond acceptors (Lipinski definition) is 7. The lowest BCUT2D eigenvalue weighted by Crippen LogP contribution is -2.24. The highest BCUT2D eigenvalue weighted by molar-refractivity contribution is 8.00. The van der Waals surface area contributed by atoms with Crippen molar-refractivity contribution in [2.45, 2.75) is 25.7 Å². The van der Waals surface area contributed by atoms with Gasteiger partial charge in [0.1, 0.15) is 10.6 Å². The first-order chi connectivity index (χ1) is 15.0. The molecule has 1 N–H and O–H groups in total. The number of rotatable bonds is 7. The summed E-state index contributed by atoms with van der Waals surface area (Å²) in [6.07, 6.45) is 0. The standard InChI is InChI=1S/C16H10F6N2O6S3/c17-15(18,19)31-12-4-2-1-3-10(12)23-14(25)8-33(29,30)13-6-5-9(7-11(13)24(26)27)32(28)16(20,21)22/h1-7H,8H2,(H,23,25). The Bertz CT molecular complexity index is 1210. The molecule has 2 rings (SSSR count). The number of nitrogens with one attached hydrogen (secondary N) is 1. The molecule has 0 bridgehead atoms. The van der Waals surface area contributed by atoms with Gasteiger partial charge in [-0.3, -0.25) is 14.9 Å². The van der Waals surface area contributed by atoms with E-state index >= 15 is 0 Å². The van der Waals surface area contributed by atoms with Crippen LogP contribution in [0.5, 0.6) is 0 Å². The maximum atomic E-state index is 12.6. The summed E-state index contributed by atoms with van der Waals surface area (Å²) < 4.78 is 112. The van der Waals surface area contributed by atoms with Gasteiger partial charge < -0.3 is 5.32 Å². The van der Waals surface area contributed by atoms with Gasteiger partial charge in [0.2, 0.25) is 5.91 Å². The number of halogens is 6. The predicted octanol–water partition coefficient (Wildman–Crippen LogP) is 4.25. The fraction of sp³-hybridized carbons (Fsp3) is 0.188. The SMILES string of the molecule is O=C(CS(=O)(=O)c1ccc(S(=O)C(F)(F)F)cc1[N+](=O)[O-])Nc1ccccc1SC(F)(F)F. The van der Waals surface area contributed by atoms with E-state index < -0.39 is 80.4 Å². The molecule has 0 aromatic heterocycles. The first kappa shape index (κ1) is 26.6. The Morgan fingerprint density at radius 1 is 1.09 bits per heavy atom. The van der Waals surface area contributed by atoms with Gasteiger partial charge in [0.25, 0.3) is 5.69 Å². The van der Waals surface area contributed by atoms with Crippen LogP contribution in [0.1, 0.15) is 0 Å². The number of nitrogens with zero attached hydrogens (tertiary/aromatic N) is 1. The van der Waals surface area contributed by atoms with E-state index in [1.165, 1.54) is 12.1 Å². The van der Waals surface area contributed by atoms with Gasteiger partial charge in [0, 0.05) is 11.0 Å². The quantitative estimate of drug-likeness (QED) is 0.243. The number of nitro benzene ring substituents is 1. The molecule has 0 fully saturated rings. The number of benzene rings is 2. The number of alkyl halides is 6. The highest BCUT2D eigenvalue weighted by Gasteiger charge is 2.40. The van der Waals surface area contributed by atoms with Gasteiger partial charge in [0.05, 0.1) is 15.5 Å². The molecule has 0 saturated heterocycles. The zero-order chi connectivity index (χ0) is 25.2. The predicted molar refractivity (Wildman–Crippen MR) is 105 cm³/mol. The minimum absolute atomic E-state index is 0.156. The largest absolute Gasteiger partial charge is 0.475 e. The lowest BCUT2D eigenvalue weighted by atomic mass is 10.3. The summed E-state index contributed by atoms with van der Waals surface area (Å²) in [6.45, 7) is 0. The second-order valence-corrected chi connectivity index (χ2v) is 10.5. The Balaban J connectivity index is 2.34. The van der Waals surface area contributed by atoms with E-state index in [1.54, 1.807) is 0 Å². The zero-order valence-corrected chi connectivity index (χ0v) is 18.1. The van der Waals surface area contributed by atoms with Crippen LogP contribution in [0.25, 0.3) is 0 Å². The summed E-state index contributed by atoms with van der Waals surface area (Å²) in [6, 6.07) is 5.55. The van der Waals surface area contributed by atoms with E-state index in [0.717, 1.165) is 12.1 Å². The van der Waals surface area contributed by atoms with Crippen molar-refractivity contribution in [2.24, 2.45) is 0 Å². The van der Waals surface area contributed by atoms with Crippen molar-refractivity contribution in [2.75, 3.05) is 11.1 Å². The third kappa shape index (κ3) is 7.16. The van der Waals surface area contributed by atoms with E-state index in [9.17, 15) is 53.9 Å². The van der Waals surface area contributed by atoms with Crippen LogP contribution in [0.15, 0.2) is 57.2 Å². The molecule has 0 aliphatic carbocycles. The zero-order valence-electron chi connectivity index (χ0n) is 15.6. The molecule has 2 aromatic carbocycles. The molecule has 1 amide bonds. The molecule has 0 radical (unpaired) electrons. The number of anilines is 1. The number of carbonyl (C=O) groups excluding carboxylic acids is 1. The second-order valence-electron chi connectivity index (χ2n) is 5.95. The molecule has 1 atom stereocenters. The van der Waals surface area contributed by atoms with Crippen LogP contribution in [-0.4, -0.2) is 40.2 Å². The van der Waals surface area contributed by atoms with Gasteiger partial charge in [-0.25, -0.2) is 12.6 Å². The van der Waals surface area contributed by atoms with Crippen molar-refractivity contribution in [3.05, 3.63) is 52.6 Å². The fourth-order valence-corrected chi connectivity index (χ4v) is 4.97. The van der Waals surface area contributed by atoms with Crippen LogP contribution in [0.3, 0.4) is 0 Å².